The molecule has 202 valence electrons. The van der Waals surface area contributed by atoms with E-state index in [1.165, 1.54) is 94.6 Å². The molecule has 0 unspecified atom stereocenters. The van der Waals surface area contributed by atoms with Crippen LogP contribution in [0.3, 0.4) is 0 Å². The number of fused-ring (bicyclic) bond motifs is 2. The molecular weight excluding hydrogens is 506 g/mol. The molecule has 0 aliphatic heterocycles. The highest BCUT2D eigenvalue weighted by Gasteiger charge is 2.24. The van der Waals surface area contributed by atoms with Gasteiger partial charge in [-0.2, -0.15) is 0 Å². The smallest absolute Gasteiger partial charge is 0.0506 e. The van der Waals surface area contributed by atoms with Gasteiger partial charge in [-0.05, 0) is 60.6 Å². The van der Waals surface area contributed by atoms with Gasteiger partial charge in [-0.15, -0.1) is 0 Å². The van der Waals surface area contributed by atoms with Crippen LogP contribution in [-0.2, 0) is 0 Å². The molecule has 0 atom stereocenters. The normalized spacial score (nSPS) is 11.8. The van der Waals surface area contributed by atoms with Gasteiger partial charge in [0.1, 0.15) is 0 Å². The number of benzene rings is 8. The maximum Gasteiger partial charge on any atom is 0.0506 e. The van der Waals surface area contributed by atoms with Crippen LogP contribution < -0.4 is 5.32 Å². The molecule has 0 heterocycles. The van der Waals surface area contributed by atoms with Gasteiger partial charge in [0.15, 0.2) is 0 Å². The Morgan fingerprint density at radius 1 is 0.429 bits per heavy atom. The molecule has 0 saturated carbocycles. The summed E-state index contributed by atoms with van der Waals surface area (Å²) in [6, 6.07) is 47.2. The summed E-state index contributed by atoms with van der Waals surface area (Å²) < 4.78 is 0. The number of unbranched alkanes of at least 4 members (excludes halogenated alkanes) is 2. The fourth-order valence-corrected chi connectivity index (χ4v) is 7.10. The Kier molecular flexibility index (Phi) is 6.04. The molecule has 0 aliphatic carbocycles. The van der Waals surface area contributed by atoms with E-state index in [2.05, 4.69) is 140 Å². The van der Waals surface area contributed by atoms with Crippen molar-refractivity contribution in [2.45, 2.75) is 26.2 Å². The minimum atomic E-state index is 0.949. The highest BCUT2D eigenvalue weighted by molar-refractivity contribution is 6.32. The van der Waals surface area contributed by atoms with Gasteiger partial charge in [0.2, 0.25) is 0 Å². The predicted octanol–water partition coefficient (Wildman–Crippen LogP) is 11.8. The van der Waals surface area contributed by atoms with Crippen LogP contribution in [0.5, 0.6) is 0 Å². The fraction of sp³-hybridized carbons (Fsp3) is 0.122. The lowest BCUT2D eigenvalue weighted by molar-refractivity contribution is 0.744. The zero-order chi connectivity index (χ0) is 28.0. The summed E-state index contributed by atoms with van der Waals surface area (Å²) in [5, 5.41) is 17.0. The van der Waals surface area contributed by atoms with Gasteiger partial charge in [-0.25, -0.2) is 0 Å². The Balaban J connectivity index is 1.60. The summed E-state index contributed by atoms with van der Waals surface area (Å²) >= 11 is 0. The van der Waals surface area contributed by atoms with E-state index in [1.54, 1.807) is 0 Å². The minimum Gasteiger partial charge on any atom is -0.384 e. The quantitative estimate of drug-likeness (QED) is 0.157. The van der Waals surface area contributed by atoms with Crippen molar-refractivity contribution in [2.75, 3.05) is 11.9 Å². The van der Waals surface area contributed by atoms with Crippen LogP contribution in [0.1, 0.15) is 26.2 Å². The average Bonchev–Trinajstić information content (AvgIpc) is 3.05. The standard InChI is InChI=1S/C41H33N/c1-2-3-8-26-42-41-36-25-23-30-17-9-16-29-22-24-35(39(36)37(29)30)38(33-20-10-14-27-12-4-6-18-31(27)33)40(41)34-21-11-15-28-13-5-7-19-32(28)34/h4-7,9-25,42H,2-3,8,26H2,1H3. The van der Waals surface area contributed by atoms with Crippen molar-refractivity contribution in [3.05, 3.63) is 127 Å². The van der Waals surface area contributed by atoms with E-state index < -0.39 is 0 Å². The molecule has 1 N–H and O–H groups in total. The van der Waals surface area contributed by atoms with Crippen molar-refractivity contribution >= 4 is 59.5 Å². The van der Waals surface area contributed by atoms with Crippen LogP contribution in [0.2, 0.25) is 0 Å². The predicted molar refractivity (Wildman–Crippen MR) is 184 cm³/mol. The first-order valence-corrected chi connectivity index (χ1v) is 15.3. The molecule has 0 saturated heterocycles. The highest BCUT2D eigenvalue weighted by Crippen LogP contribution is 2.51. The maximum atomic E-state index is 4.02. The molecule has 0 spiro atoms. The molecule has 8 aromatic rings. The zero-order valence-electron chi connectivity index (χ0n) is 24.0. The molecule has 0 radical (unpaired) electrons. The molecule has 0 amide bonds. The van der Waals surface area contributed by atoms with Crippen molar-refractivity contribution in [3.8, 4) is 22.3 Å². The Hall–Kier alpha value is -4.88. The molecule has 8 rings (SSSR count). The Bertz CT molecular complexity index is 2210. The van der Waals surface area contributed by atoms with Crippen molar-refractivity contribution in [3.63, 3.8) is 0 Å². The molecule has 8 aromatic carbocycles. The third-order valence-corrected chi connectivity index (χ3v) is 9.02. The summed E-state index contributed by atoms with van der Waals surface area (Å²) in [7, 11) is 0. The highest BCUT2D eigenvalue weighted by atomic mass is 14.9. The number of nitrogens with one attached hydrogen (secondary N) is 1. The van der Waals surface area contributed by atoms with Crippen molar-refractivity contribution in [1.82, 2.24) is 0 Å². The second-order valence-corrected chi connectivity index (χ2v) is 11.5. The lowest BCUT2D eigenvalue weighted by Crippen LogP contribution is -2.06. The third-order valence-electron chi connectivity index (χ3n) is 9.02. The average molecular weight is 540 g/mol. The third kappa shape index (κ3) is 3.84. The molecular formula is C41H33N. The van der Waals surface area contributed by atoms with Crippen LogP contribution in [-0.4, -0.2) is 6.54 Å². The van der Waals surface area contributed by atoms with Crippen molar-refractivity contribution in [1.29, 1.82) is 0 Å². The second-order valence-electron chi connectivity index (χ2n) is 11.5. The van der Waals surface area contributed by atoms with Crippen LogP contribution in [0, 0.1) is 0 Å². The van der Waals surface area contributed by atoms with E-state index in [9.17, 15) is 0 Å². The van der Waals surface area contributed by atoms with Crippen molar-refractivity contribution in [2.24, 2.45) is 0 Å². The first-order chi connectivity index (χ1) is 20.8. The van der Waals surface area contributed by atoms with Crippen LogP contribution in [0.15, 0.2) is 127 Å². The Morgan fingerprint density at radius 3 is 1.64 bits per heavy atom. The number of hydrogen-bond acceptors (Lipinski definition) is 1. The molecule has 0 aliphatic rings. The van der Waals surface area contributed by atoms with E-state index in [4.69, 9.17) is 0 Å². The van der Waals surface area contributed by atoms with E-state index in [0.29, 0.717) is 0 Å². The first kappa shape index (κ1) is 24.9. The molecule has 42 heavy (non-hydrogen) atoms. The van der Waals surface area contributed by atoms with Gasteiger partial charge >= 0.3 is 0 Å². The molecule has 1 heteroatoms. The van der Waals surface area contributed by atoms with E-state index in [-0.39, 0.29) is 0 Å². The van der Waals surface area contributed by atoms with Gasteiger partial charge < -0.3 is 5.32 Å². The lowest BCUT2D eigenvalue weighted by Gasteiger charge is -2.25. The Morgan fingerprint density at radius 2 is 0.976 bits per heavy atom. The zero-order valence-corrected chi connectivity index (χ0v) is 24.0. The second kappa shape index (κ2) is 10.2. The van der Waals surface area contributed by atoms with Gasteiger partial charge in [0.05, 0.1) is 5.69 Å². The van der Waals surface area contributed by atoms with Crippen molar-refractivity contribution < 1.29 is 0 Å². The van der Waals surface area contributed by atoms with Crippen LogP contribution in [0.4, 0.5) is 5.69 Å². The van der Waals surface area contributed by atoms with E-state index >= 15 is 0 Å². The monoisotopic (exact) mass is 539 g/mol. The Labute approximate surface area is 246 Å². The molecule has 0 fully saturated rings. The molecule has 0 aromatic heterocycles. The number of anilines is 1. The molecule has 0 bridgehead atoms. The van der Waals surface area contributed by atoms with Gasteiger partial charge in [-0.3, -0.25) is 0 Å². The fourth-order valence-electron chi connectivity index (χ4n) is 7.10. The van der Waals surface area contributed by atoms with Crippen LogP contribution in [0.25, 0.3) is 76.1 Å². The summed E-state index contributed by atoms with van der Waals surface area (Å²) in [5.74, 6) is 0. The first-order valence-electron chi connectivity index (χ1n) is 15.3. The summed E-state index contributed by atoms with van der Waals surface area (Å²) in [4.78, 5) is 0. The number of hydrogen-bond donors (Lipinski definition) is 1. The summed E-state index contributed by atoms with van der Waals surface area (Å²) in [5.41, 5.74) is 6.42. The van der Waals surface area contributed by atoms with Gasteiger partial charge in [-0.1, -0.05) is 147 Å². The maximum absolute atomic E-state index is 4.02. The van der Waals surface area contributed by atoms with E-state index in [1.807, 2.05) is 0 Å². The largest absolute Gasteiger partial charge is 0.384 e. The van der Waals surface area contributed by atoms with Crippen LogP contribution >= 0.6 is 0 Å². The topological polar surface area (TPSA) is 12.0 Å². The minimum absolute atomic E-state index is 0.949. The summed E-state index contributed by atoms with van der Waals surface area (Å²) in [6.45, 7) is 3.22. The van der Waals surface area contributed by atoms with Gasteiger partial charge in [0.25, 0.3) is 0 Å². The SMILES string of the molecule is CCCCCNc1c(-c2cccc3ccccc23)c(-c2cccc3ccccc23)c2ccc3cccc4ccc1c2c43. The summed E-state index contributed by atoms with van der Waals surface area (Å²) in [6.07, 6.45) is 3.58. The lowest BCUT2D eigenvalue weighted by atomic mass is 9.81. The van der Waals surface area contributed by atoms with E-state index in [0.717, 1.165) is 13.0 Å². The van der Waals surface area contributed by atoms with Gasteiger partial charge in [0, 0.05) is 28.4 Å². The number of rotatable bonds is 7. The molecule has 1 nitrogen and oxygen atoms in total.